The van der Waals surface area contributed by atoms with Crippen LogP contribution in [0.25, 0.3) is 0 Å². The summed E-state index contributed by atoms with van der Waals surface area (Å²) in [6, 6.07) is 25.3. The molecule has 2 aliphatic rings. The lowest BCUT2D eigenvalue weighted by molar-refractivity contribution is 0.0224. The fourth-order valence-corrected chi connectivity index (χ4v) is 5.04. The van der Waals surface area contributed by atoms with Crippen LogP contribution in [0, 0.1) is 6.92 Å². The molecule has 6 rings (SSSR count). The Morgan fingerprint density at radius 1 is 0.829 bits per heavy atom. The highest BCUT2D eigenvalue weighted by Crippen LogP contribution is 2.57. The summed E-state index contributed by atoms with van der Waals surface area (Å²) in [5.41, 5.74) is 5.53. The van der Waals surface area contributed by atoms with Crippen molar-refractivity contribution < 1.29 is 14.3 Å². The summed E-state index contributed by atoms with van der Waals surface area (Å²) in [6.07, 6.45) is 0. The standard InChI is InChI=1S/C29H23ClN2O3/c1-17-14-26-24(16-25(17)30)29(22-7-5-4-6-21(22)28(33)35-29)23-13-10-19(15-27(23)34-26)31-18-8-11-20(12-9-18)32(2)3/h4-16,31H,1-3H3. The number of benzene rings is 4. The molecule has 0 bridgehead atoms. The molecule has 1 atom stereocenters. The Balaban J connectivity index is 1.49. The number of halogens is 1. The van der Waals surface area contributed by atoms with Crippen LogP contribution in [0.3, 0.4) is 0 Å². The number of rotatable bonds is 3. The van der Waals surface area contributed by atoms with Crippen molar-refractivity contribution in [2.75, 3.05) is 24.3 Å². The summed E-state index contributed by atoms with van der Waals surface area (Å²) >= 11 is 6.53. The number of aryl methyl sites for hydroxylation is 1. The fourth-order valence-electron chi connectivity index (χ4n) is 4.88. The van der Waals surface area contributed by atoms with E-state index in [4.69, 9.17) is 21.1 Å². The molecule has 6 heteroatoms. The monoisotopic (exact) mass is 482 g/mol. The van der Waals surface area contributed by atoms with Gasteiger partial charge in [-0.1, -0.05) is 29.8 Å². The predicted octanol–water partition coefficient (Wildman–Crippen LogP) is 7.03. The third-order valence-electron chi connectivity index (χ3n) is 6.67. The molecule has 4 aromatic carbocycles. The van der Waals surface area contributed by atoms with Gasteiger partial charge in [-0.2, -0.15) is 0 Å². The first-order valence-electron chi connectivity index (χ1n) is 11.4. The number of carbonyl (C=O) groups is 1. The Morgan fingerprint density at radius 3 is 2.31 bits per heavy atom. The minimum atomic E-state index is -1.13. The van der Waals surface area contributed by atoms with Crippen LogP contribution >= 0.6 is 11.6 Å². The molecule has 0 saturated carbocycles. The topological polar surface area (TPSA) is 50.8 Å². The quantitative estimate of drug-likeness (QED) is 0.318. The summed E-state index contributed by atoms with van der Waals surface area (Å²) in [6.45, 7) is 1.93. The first kappa shape index (κ1) is 21.6. The number of anilines is 3. The van der Waals surface area contributed by atoms with Crippen LogP contribution < -0.4 is 15.0 Å². The molecule has 1 spiro atoms. The number of nitrogens with zero attached hydrogens (tertiary/aromatic N) is 1. The summed E-state index contributed by atoms with van der Waals surface area (Å²) < 4.78 is 12.6. The molecular formula is C29H23ClN2O3. The van der Waals surface area contributed by atoms with Crippen LogP contribution in [0.4, 0.5) is 17.1 Å². The average molecular weight is 483 g/mol. The highest BCUT2D eigenvalue weighted by molar-refractivity contribution is 6.31. The lowest BCUT2D eigenvalue weighted by Crippen LogP contribution is -2.33. The highest BCUT2D eigenvalue weighted by Gasteiger charge is 2.53. The van der Waals surface area contributed by atoms with Crippen molar-refractivity contribution in [3.63, 3.8) is 0 Å². The predicted molar refractivity (Wildman–Crippen MR) is 138 cm³/mol. The van der Waals surface area contributed by atoms with E-state index in [1.165, 1.54) is 0 Å². The molecule has 2 heterocycles. The zero-order valence-corrected chi connectivity index (χ0v) is 20.3. The summed E-state index contributed by atoms with van der Waals surface area (Å²) in [4.78, 5) is 15.0. The molecule has 0 radical (unpaired) electrons. The van der Waals surface area contributed by atoms with Crippen LogP contribution in [0.1, 0.15) is 32.6 Å². The van der Waals surface area contributed by atoms with Crippen molar-refractivity contribution in [3.05, 3.63) is 112 Å². The maximum absolute atomic E-state index is 13.0. The van der Waals surface area contributed by atoms with Gasteiger partial charge in [0.15, 0.2) is 5.60 Å². The normalized spacial score (nSPS) is 17.2. The van der Waals surface area contributed by atoms with Gasteiger partial charge in [-0.3, -0.25) is 0 Å². The lowest BCUT2D eigenvalue weighted by Gasteiger charge is -2.37. The van der Waals surface area contributed by atoms with Crippen molar-refractivity contribution in [1.82, 2.24) is 0 Å². The highest BCUT2D eigenvalue weighted by atomic mass is 35.5. The maximum atomic E-state index is 13.0. The van der Waals surface area contributed by atoms with Crippen LogP contribution in [0.15, 0.2) is 78.9 Å². The Morgan fingerprint density at radius 2 is 1.54 bits per heavy atom. The number of carbonyl (C=O) groups excluding carboxylic acids is 1. The van der Waals surface area contributed by atoms with E-state index < -0.39 is 5.60 Å². The minimum Gasteiger partial charge on any atom is -0.456 e. The molecule has 1 unspecified atom stereocenters. The molecule has 0 amide bonds. The number of hydrogen-bond donors (Lipinski definition) is 1. The van der Waals surface area contributed by atoms with E-state index in [0.717, 1.165) is 39.3 Å². The molecule has 0 fully saturated rings. The maximum Gasteiger partial charge on any atom is 0.340 e. The zero-order valence-electron chi connectivity index (χ0n) is 19.6. The number of fused-ring (bicyclic) bond motifs is 6. The minimum absolute atomic E-state index is 0.362. The third-order valence-corrected chi connectivity index (χ3v) is 7.07. The molecular weight excluding hydrogens is 460 g/mol. The second-order valence-electron chi connectivity index (χ2n) is 9.09. The van der Waals surface area contributed by atoms with E-state index in [1.807, 2.05) is 81.7 Å². The SMILES string of the molecule is Cc1cc2c(cc1Cl)C1(OC(=O)c3ccccc31)c1ccc(Nc3ccc(N(C)C)cc3)cc1O2. The summed E-state index contributed by atoms with van der Waals surface area (Å²) in [5.74, 6) is 0.884. The van der Waals surface area contributed by atoms with Crippen LogP contribution in [-0.4, -0.2) is 20.1 Å². The second-order valence-corrected chi connectivity index (χ2v) is 9.50. The van der Waals surface area contributed by atoms with Gasteiger partial charge >= 0.3 is 5.97 Å². The number of hydrogen-bond acceptors (Lipinski definition) is 5. The van der Waals surface area contributed by atoms with E-state index >= 15 is 0 Å². The first-order valence-corrected chi connectivity index (χ1v) is 11.7. The van der Waals surface area contributed by atoms with E-state index in [1.54, 1.807) is 6.07 Å². The molecule has 2 aliphatic heterocycles. The van der Waals surface area contributed by atoms with E-state index in [-0.39, 0.29) is 5.97 Å². The Bertz CT molecular complexity index is 1500. The van der Waals surface area contributed by atoms with Crippen molar-refractivity contribution in [2.24, 2.45) is 0 Å². The third kappa shape index (κ3) is 3.27. The van der Waals surface area contributed by atoms with Gasteiger partial charge in [0, 0.05) is 58.9 Å². The van der Waals surface area contributed by atoms with Gasteiger partial charge in [-0.25, -0.2) is 4.79 Å². The summed E-state index contributed by atoms with van der Waals surface area (Å²) in [7, 11) is 4.03. The smallest absolute Gasteiger partial charge is 0.340 e. The van der Waals surface area contributed by atoms with E-state index in [2.05, 4.69) is 22.3 Å². The van der Waals surface area contributed by atoms with Gasteiger partial charge in [0.1, 0.15) is 11.5 Å². The van der Waals surface area contributed by atoms with Gasteiger partial charge in [0.25, 0.3) is 0 Å². The average Bonchev–Trinajstić information content (AvgIpc) is 3.14. The van der Waals surface area contributed by atoms with Gasteiger partial charge in [-0.15, -0.1) is 0 Å². The Labute approximate surface area is 208 Å². The molecule has 4 aromatic rings. The lowest BCUT2D eigenvalue weighted by atomic mass is 9.77. The Hall–Kier alpha value is -3.96. The molecule has 174 valence electrons. The molecule has 0 aromatic heterocycles. The first-order chi connectivity index (χ1) is 16.9. The van der Waals surface area contributed by atoms with Crippen molar-refractivity contribution in [3.8, 4) is 11.5 Å². The van der Waals surface area contributed by atoms with Crippen molar-refractivity contribution in [1.29, 1.82) is 0 Å². The Kier molecular flexibility index (Phi) is 4.80. The van der Waals surface area contributed by atoms with Crippen LogP contribution in [0.2, 0.25) is 5.02 Å². The van der Waals surface area contributed by atoms with Crippen LogP contribution in [-0.2, 0) is 10.3 Å². The van der Waals surface area contributed by atoms with Gasteiger partial charge < -0.3 is 19.7 Å². The van der Waals surface area contributed by atoms with Crippen molar-refractivity contribution >= 4 is 34.6 Å². The summed E-state index contributed by atoms with van der Waals surface area (Å²) in [5, 5.41) is 4.04. The number of nitrogens with one attached hydrogen (secondary N) is 1. The van der Waals surface area contributed by atoms with Gasteiger partial charge in [-0.05, 0) is 67.1 Å². The van der Waals surface area contributed by atoms with E-state index in [9.17, 15) is 4.79 Å². The van der Waals surface area contributed by atoms with Crippen molar-refractivity contribution in [2.45, 2.75) is 12.5 Å². The van der Waals surface area contributed by atoms with E-state index in [0.29, 0.717) is 22.1 Å². The molecule has 0 aliphatic carbocycles. The van der Waals surface area contributed by atoms with Gasteiger partial charge in [0.05, 0.1) is 5.56 Å². The van der Waals surface area contributed by atoms with Gasteiger partial charge in [0.2, 0.25) is 0 Å². The molecule has 0 saturated heterocycles. The molecule has 1 N–H and O–H groups in total. The zero-order chi connectivity index (χ0) is 24.3. The largest absolute Gasteiger partial charge is 0.456 e. The fraction of sp³-hybridized carbons (Fsp3) is 0.138. The number of ether oxygens (including phenoxy) is 2. The number of esters is 1. The molecule has 5 nitrogen and oxygen atoms in total. The molecule has 35 heavy (non-hydrogen) atoms. The second kappa shape index (κ2) is 7.79. The van der Waals surface area contributed by atoms with Crippen LogP contribution in [0.5, 0.6) is 11.5 Å².